The molecule has 0 bridgehead atoms. The highest BCUT2D eigenvalue weighted by molar-refractivity contribution is 5.97. The first-order valence-electron chi connectivity index (χ1n) is 8.36. The Labute approximate surface area is 128 Å². The van der Waals surface area contributed by atoms with Crippen LogP contribution < -0.4 is 5.32 Å². The van der Waals surface area contributed by atoms with E-state index in [-0.39, 0.29) is 11.5 Å². The molecular weight excluding hydrogens is 262 g/mol. The number of rotatable bonds is 3. The molecule has 0 atom stereocenters. The number of amides is 1. The third-order valence-corrected chi connectivity index (χ3v) is 4.74. The molecule has 2 rings (SSSR count). The van der Waals surface area contributed by atoms with Crippen LogP contribution in [0.25, 0.3) is 0 Å². The molecule has 4 nitrogen and oxygen atoms in total. The lowest BCUT2D eigenvalue weighted by Crippen LogP contribution is -2.39. The molecule has 1 N–H and O–H groups in total. The highest BCUT2D eigenvalue weighted by Gasteiger charge is 2.23. The summed E-state index contributed by atoms with van der Waals surface area (Å²) >= 11 is 0. The smallest absolute Gasteiger partial charge is 0.265 e. The summed E-state index contributed by atoms with van der Waals surface area (Å²) in [5, 5.41) is 12.6. The number of likely N-dealkylation sites (tertiary alicyclic amines) is 1. The van der Waals surface area contributed by atoms with Crippen molar-refractivity contribution >= 4 is 5.91 Å². The van der Waals surface area contributed by atoms with Crippen molar-refractivity contribution in [3.8, 4) is 6.07 Å². The summed E-state index contributed by atoms with van der Waals surface area (Å²) in [6.07, 6.45) is 11.1. The van der Waals surface area contributed by atoms with Gasteiger partial charge in [-0.15, -0.1) is 0 Å². The van der Waals surface area contributed by atoms with Crippen molar-refractivity contribution in [1.82, 2.24) is 10.2 Å². The van der Waals surface area contributed by atoms with Crippen molar-refractivity contribution in [3.05, 3.63) is 11.8 Å². The summed E-state index contributed by atoms with van der Waals surface area (Å²) in [5.74, 6) is 0.582. The summed E-state index contributed by atoms with van der Waals surface area (Å²) in [6.45, 7) is 3.78. The third kappa shape index (κ3) is 4.77. The standard InChI is InChI=1S/C17H27N3O/c1-14-8-10-20(11-9-14)17(21)15(12-18)13-19-16-6-4-2-3-5-7-16/h13-14,16,19H,2-11H2,1H3/b15-13-. The predicted molar refractivity (Wildman–Crippen MR) is 83.3 cm³/mol. The van der Waals surface area contributed by atoms with E-state index in [0.717, 1.165) is 38.8 Å². The van der Waals surface area contributed by atoms with Gasteiger partial charge in [0.05, 0.1) is 0 Å². The quantitative estimate of drug-likeness (QED) is 0.494. The van der Waals surface area contributed by atoms with Crippen LogP contribution in [0.3, 0.4) is 0 Å². The second kappa shape index (κ2) is 8.07. The largest absolute Gasteiger partial charge is 0.387 e. The Kier molecular flexibility index (Phi) is 6.10. The minimum atomic E-state index is -0.106. The first kappa shape index (κ1) is 15.9. The summed E-state index contributed by atoms with van der Waals surface area (Å²) in [6, 6.07) is 2.49. The van der Waals surface area contributed by atoms with Gasteiger partial charge in [-0.3, -0.25) is 4.79 Å². The zero-order chi connectivity index (χ0) is 15.1. The molecule has 0 unspecified atom stereocenters. The van der Waals surface area contributed by atoms with Gasteiger partial charge in [0, 0.05) is 25.3 Å². The summed E-state index contributed by atoms with van der Waals surface area (Å²) in [5.41, 5.74) is 0.258. The van der Waals surface area contributed by atoms with Crippen molar-refractivity contribution in [1.29, 1.82) is 5.26 Å². The van der Waals surface area contributed by atoms with Crippen LogP contribution in [-0.4, -0.2) is 29.9 Å². The van der Waals surface area contributed by atoms with Crippen molar-refractivity contribution in [2.45, 2.75) is 64.3 Å². The van der Waals surface area contributed by atoms with E-state index < -0.39 is 0 Å². The van der Waals surface area contributed by atoms with Gasteiger partial charge < -0.3 is 10.2 Å². The van der Waals surface area contributed by atoms with Crippen molar-refractivity contribution in [3.63, 3.8) is 0 Å². The highest BCUT2D eigenvalue weighted by Crippen LogP contribution is 2.19. The van der Waals surface area contributed by atoms with E-state index in [2.05, 4.69) is 18.3 Å². The van der Waals surface area contributed by atoms with Crippen LogP contribution in [0.4, 0.5) is 0 Å². The number of carbonyl (C=O) groups excluding carboxylic acids is 1. The average molecular weight is 289 g/mol. The van der Waals surface area contributed by atoms with E-state index in [4.69, 9.17) is 0 Å². The molecule has 4 heteroatoms. The Balaban J connectivity index is 1.90. The van der Waals surface area contributed by atoms with Crippen LogP contribution in [0.15, 0.2) is 11.8 Å². The van der Waals surface area contributed by atoms with Crippen LogP contribution in [0.2, 0.25) is 0 Å². The van der Waals surface area contributed by atoms with Crippen molar-refractivity contribution in [2.24, 2.45) is 5.92 Å². The first-order chi connectivity index (χ1) is 10.2. The Morgan fingerprint density at radius 3 is 2.33 bits per heavy atom. The number of nitrogens with zero attached hydrogens (tertiary/aromatic N) is 2. The molecule has 1 aliphatic heterocycles. The molecule has 2 fully saturated rings. The van der Waals surface area contributed by atoms with Gasteiger partial charge in [-0.2, -0.15) is 5.26 Å². The van der Waals surface area contributed by atoms with E-state index in [1.807, 2.05) is 4.90 Å². The van der Waals surface area contributed by atoms with E-state index in [1.165, 1.54) is 25.7 Å². The molecule has 0 aromatic rings. The van der Waals surface area contributed by atoms with E-state index in [9.17, 15) is 10.1 Å². The lowest BCUT2D eigenvalue weighted by atomic mass is 9.99. The Morgan fingerprint density at radius 2 is 1.76 bits per heavy atom. The van der Waals surface area contributed by atoms with Gasteiger partial charge in [0.25, 0.3) is 5.91 Å². The second-order valence-electron chi connectivity index (χ2n) is 6.50. The fourth-order valence-electron chi connectivity index (χ4n) is 3.17. The molecule has 1 saturated heterocycles. The molecule has 116 valence electrons. The SMILES string of the molecule is CC1CCN(C(=O)/C(C#N)=C\NC2CCCCCC2)CC1. The van der Waals surface area contributed by atoms with Gasteiger partial charge in [0.15, 0.2) is 0 Å². The Morgan fingerprint density at radius 1 is 1.14 bits per heavy atom. The predicted octanol–water partition coefficient (Wildman–Crippen LogP) is 2.96. The van der Waals surface area contributed by atoms with Gasteiger partial charge in [-0.05, 0) is 31.6 Å². The van der Waals surface area contributed by atoms with Gasteiger partial charge in [-0.1, -0.05) is 32.6 Å². The van der Waals surface area contributed by atoms with Crippen molar-refractivity contribution < 1.29 is 4.79 Å². The fourth-order valence-corrected chi connectivity index (χ4v) is 3.17. The van der Waals surface area contributed by atoms with E-state index in [1.54, 1.807) is 6.20 Å². The average Bonchev–Trinajstić information content (AvgIpc) is 2.77. The zero-order valence-corrected chi connectivity index (χ0v) is 13.1. The van der Waals surface area contributed by atoms with Gasteiger partial charge in [-0.25, -0.2) is 0 Å². The highest BCUT2D eigenvalue weighted by atomic mass is 16.2. The summed E-state index contributed by atoms with van der Waals surface area (Å²) in [7, 11) is 0. The van der Waals surface area contributed by atoms with Crippen LogP contribution in [-0.2, 0) is 4.79 Å². The van der Waals surface area contributed by atoms with Crippen LogP contribution >= 0.6 is 0 Å². The van der Waals surface area contributed by atoms with Gasteiger partial charge >= 0.3 is 0 Å². The van der Waals surface area contributed by atoms with Crippen molar-refractivity contribution in [2.75, 3.05) is 13.1 Å². The second-order valence-corrected chi connectivity index (χ2v) is 6.50. The molecular formula is C17H27N3O. The van der Waals surface area contributed by atoms with Gasteiger partial charge in [0.1, 0.15) is 11.6 Å². The Bertz CT molecular complexity index is 408. The molecule has 21 heavy (non-hydrogen) atoms. The molecule has 1 saturated carbocycles. The maximum atomic E-state index is 12.4. The number of nitrogens with one attached hydrogen (secondary N) is 1. The molecule has 1 aliphatic carbocycles. The molecule has 0 radical (unpaired) electrons. The zero-order valence-electron chi connectivity index (χ0n) is 13.1. The normalized spacial score (nSPS) is 22.5. The van der Waals surface area contributed by atoms with Crippen LogP contribution in [0.1, 0.15) is 58.3 Å². The minimum absolute atomic E-state index is 0.106. The Hall–Kier alpha value is -1.50. The van der Waals surface area contributed by atoms with E-state index >= 15 is 0 Å². The number of hydrogen-bond donors (Lipinski definition) is 1. The molecule has 1 heterocycles. The first-order valence-corrected chi connectivity index (χ1v) is 8.36. The molecule has 0 aromatic heterocycles. The fraction of sp³-hybridized carbons (Fsp3) is 0.765. The third-order valence-electron chi connectivity index (χ3n) is 4.74. The maximum Gasteiger partial charge on any atom is 0.265 e. The van der Waals surface area contributed by atoms with Crippen LogP contribution in [0.5, 0.6) is 0 Å². The number of hydrogen-bond acceptors (Lipinski definition) is 3. The molecule has 0 aromatic carbocycles. The number of piperidine rings is 1. The lowest BCUT2D eigenvalue weighted by Gasteiger charge is -2.30. The topological polar surface area (TPSA) is 56.1 Å². The number of nitriles is 1. The molecule has 1 amide bonds. The lowest BCUT2D eigenvalue weighted by molar-refractivity contribution is -0.128. The summed E-state index contributed by atoms with van der Waals surface area (Å²) < 4.78 is 0. The molecule has 0 spiro atoms. The monoisotopic (exact) mass is 289 g/mol. The molecule has 2 aliphatic rings. The summed E-state index contributed by atoms with van der Waals surface area (Å²) in [4.78, 5) is 14.2. The number of carbonyl (C=O) groups is 1. The minimum Gasteiger partial charge on any atom is -0.387 e. The van der Waals surface area contributed by atoms with Gasteiger partial charge in [0.2, 0.25) is 0 Å². The maximum absolute atomic E-state index is 12.4. The van der Waals surface area contributed by atoms with Crippen LogP contribution in [0, 0.1) is 17.2 Å². The van der Waals surface area contributed by atoms with E-state index in [0.29, 0.717) is 12.0 Å².